The van der Waals surface area contributed by atoms with Gasteiger partial charge in [-0.2, -0.15) is 0 Å². The minimum atomic E-state index is -0.560. The summed E-state index contributed by atoms with van der Waals surface area (Å²) in [6.07, 6.45) is 0. The van der Waals surface area contributed by atoms with Gasteiger partial charge in [0.05, 0.1) is 16.8 Å². The van der Waals surface area contributed by atoms with Crippen LogP contribution in [0.3, 0.4) is 0 Å². The van der Waals surface area contributed by atoms with E-state index in [1.54, 1.807) is 11.8 Å². The quantitative estimate of drug-likeness (QED) is 0.263. The third-order valence-electron chi connectivity index (χ3n) is 4.91. The summed E-state index contributed by atoms with van der Waals surface area (Å²) >= 11 is 7.55. The zero-order valence-corrected chi connectivity index (χ0v) is 19.3. The predicted octanol–water partition coefficient (Wildman–Crippen LogP) is 5.71. The second-order valence-corrected chi connectivity index (χ2v) is 9.02. The summed E-state index contributed by atoms with van der Waals surface area (Å²) < 4.78 is 2.26. The number of nitrogens with one attached hydrogen (secondary N) is 1. The van der Waals surface area contributed by atoms with Gasteiger partial charge in [0.2, 0.25) is 5.91 Å². The van der Waals surface area contributed by atoms with Crippen LogP contribution >= 0.6 is 23.4 Å². The van der Waals surface area contributed by atoms with Gasteiger partial charge in [0.15, 0.2) is 5.16 Å². The van der Waals surface area contributed by atoms with Crippen molar-refractivity contribution in [2.24, 2.45) is 5.41 Å². The Morgan fingerprint density at radius 1 is 1.07 bits per heavy atom. The number of aromatic nitrogens is 2. The molecule has 0 saturated carbocycles. The monoisotopic (exact) mass is 441 g/mol. The van der Waals surface area contributed by atoms with E-state index in [0.717, 1.165) is 40.0 Å². The van der Waals surface area contributed by atoms with Gasteiger partial charge < -0.3 is 9.88 Å². The van der Waals surface area contributed by atoms with Crippen molar-refractivity contribution in [3.63, 3.8) is 0 Å². The van der Waals surface area contributed by atoms with Crippen molar-refractivity contribution >= 4 is 29.3 Å². The molecule has 0 aliphatic carbocycles. The van der Waals surface area contributed by atoms with Crippen molar-refractivity contribution in [3.8, 4) is 22.5 Å². The Kier molecular flexibility index (Phi) is 7.62. The highest BCUT2D eigenvalue weighted by molar-refractivity contribution is 7.99. The molecule has 158 valence electrons. The number of benzene rings is 2. The van der Waals surface area contributed by atoms with Gasteiger partial charge >= 0.3 is 0 Å². The average Bonchev–Trinajstić information content (AvgIpc) is 3.16. The Morgan fingerprint density at radius 3 is 2.23 bits per heavy atom. The van der Waals surface area contributed by atoms with Gasteiger partial charge in [0.1, 0.15) is 0 Å². The smallest absolute Gasteiger partial charge is 0.226 e. The van der Waals surface area contributed by atoms with Crippen LogP contribution < -0.4 is 5.32 Å². The highest BCUT2D eigenvalue weighted by Gasteiger charge is 2.26. The first-order chi connectivity index (χ1) is 14.5. The third-order valence-corrected chi connectivity index (χ3v) is 6.56. The van der Waals surface area contributed by atoms with E-state index < -0.39 is 5.41 Å². The molecule has 0 aliphatic rings. The van der Waals surface area contributed by atoms with Crippen LogP contribution in [0, 0.1) is 5.41 Å². The number of hydrogen-bond donors (Lipinski definition) is 1. The number of carbonyl (C=O) groups excluding carboxylic acids is 1. The highest BCUT2D eigenvalue weighted by Crippen LogP contribution is 2.35. The maximum Gasteiger partial charge on any atom is 0.226 e. The molecule has 30 heavy (non-hydrogen) atoms. The number of thioether (sulfide) groups is 1. The number of hydrogen-bond acceptors (Lipinski definition) is 3. The van der Waals surface area contributed by atoms with E-state index in [1.165, 1.54) is 0 Å². The Hall–Kier alpha value is -2.24. The zero-order chi connectivity index (χ0) is 21.6. The lowest BCUT2D eigenvalue weighted by molar-refractivity contribution is -0.128. The van der Waals surface area contributed by atoms with Gasteiger partial charge in [-0.05, 0) is 20.8 Å². The van der Waals surface area contributed by atoms with E-state index in [0.29, 0.717) is 12.4 Å². The van der Waals surface area contributed by atoms with Crippen molar-refractivity contribution in [2.45, 2.75) is 32.5 Å². The summed E-state index contributed by atoms with van der Waals surface area (Å²) in [4.78, 5) is 17.2. The molecule has 0 radical (unpaired) electrons. The fourth-order valence-corrected chi connectivity index (χ4v) is 4.17. The van der Waals surface area contributed by atoms with Crippen molar-refractivity contribution in [2.75, 3.05) is 18.2 Å². The molecule has 6 heteroatoms. The number of rotatable bonds is 9. The van der Waals surface area contributed by atoms with Crippen LogP contribution in [0.4, 0.5) is 0 Å². The number of carbonyl (C=O) groups is 1. The summed E-state index contributed by atoms with van der Waals surface area (Å²) in [5, 5.41) is 3.94. The molecule has 3 aromatic rings. The molecule has 1 N–H and O–H groups in total. The van der Waals surface area contributed by atoms with Gasteiger partial charge in [-0.3, -0.25) is 4.79 Å². The Balaban J connectivity index is 1.85. The molecule has 0 atom stereocenters. The molecule has 1 heterocycles. The fraction of sp³-hybridized carbons (Fsp3) is 0.333. The molecule has 2 aromatic carbocycles. The highest BCUT2D eigenvalue weighted by atomic mass is 35.5. The first-order valence-corrected chi connectivity index (χ1v) is 11.7. The molecule has 0 unspecified atom stereocenters. The molecule has 0 bridgehead atoms. The van der Waals surface area contributed by atoms with E-state index in [-0.39, 0.29) is 5.91 Å². The summed E-state index contributed by atoms with van der Waals surface area (Å²) in [5.41, 5.74) is 3.80. The Bertz CT molecular complexity index is 971. The second-order valence-electron chi connectivity index (χ2n) is 7.69. The van der Waals surface area contributed by atoms with Crippen LogP contribution in [0.1, 0.15) is 20.8 Å². The van der Waals surface area contributed by atoms with E-state index >= 15 is 0 Å². The van der Waals surface area contributed by atoms with E-state index in [4.69, 9.17) is 16.6 Å². The topological polar surface area (TPSA) is 46.9 Å². The summed E-state index contributed by atoms with van der Waals surface area (Å²) in [5.74, 6) is 1.02. The van der Waals surface area contributed by atoms with Gasteiger partial charge in [-0.25, -0.2) is 4.98 Å². The summed E-state index contributed by atoms with van der Waals surface area (Å²) in [7, 11) is 0. The lowest BCUT2D eigenvalue weighted by Gasteiger charge is -2.20. The molecule has 1 amide bonds. The van der Waals surface area contributed by atoms with E-state index in [9.17, 15) is 4.79 Å². The lowest BCUT2D eigenvalue weighted by Crippen LogP contribution is -2.39. The number of nitrogens with zero attached hydrogens (tertiary/aromatic N) is 2. The van der Waals surface area contributed by atoms with Crippen molar-refractivity contribution in [1.29, 1.82) is 0 Å². The minimum absolute atomic E-state index is 0.0214. The molecule has 0 aliphatic heterocycles. The van der Waals surface area contributed by atoms with Crippen LogP contribution in [0.25, 0.3) is 22.5 Å². The van der Waals surface area contributed by atoms with Crippen LogP contribution in [0.5, 0.6) is 0 Å². The van der Waals surface area contributed by atoms with Crippen molar-refractivity contribution in [1.82, 2.24) is 14.9 Å². The zero-order valence-electron chi connectivity index (χ0n) is 17.7. The van der Waals surface area contributed by atoms with Gasteiger partial charge in [0, 0.05) is 35.8 Å². The molecule has 0 saturated heterocycles. The number of imidazole rings is 1. The second kappa shape index (κ2) is 10.2. The predicted molar refractivity (Wildman–Crippen MR) is 127 cm³/mol. The lowest BCUT2D eigenvalue weighted by atomic mass is 9.95. The molecular weight excluding hydrogens is 414 g/mol. The van der Waals surface area contributed by atoms with Crippen molar-refractivity contribution in [3.05, 3.63) is 60.7 Å². The molecular formula is C24H28ClN3OS. The Labute approximate surface area is 188 Å². The summed E-state index contributed by atoms with van der Waals surface area (Å²) in [6.45, 7) is 7.23. The average molecular weight is 442 g/mol. The van der Waals surface area contributed by atoms with Gasteiger partial charge in [0.25, 0.3) is 0 Å². The number of halogens is 1. The standard InChI is InChI=1S/C24H28ClN3OS/c1-4-28-21(19-13-9-6-10-14-19)20(18-11-7-5-8-12-18)27-23(28)30-16-15-26-22(29)24(2,3)17-25/h5-14H,4,15-17H2,1-3H3,(H,26,29). The maximum atomic E-state index is 12.2. The fourth-order valence-electron chi connectivity index (χ4n) is 3.13. The first-order valence-electron chi connectivity index (χ1n) is 10.2. The SMILES string of the molecule is CCn1c(SCCNC(=O)C(C)(C)CCl)nc(-c2ccccc2)c1-c1ccccc1. The van der Waals surface area contributed by atoms with Gasteiger partial charge in [-0.1, -0.05) is 72.4 Å². The normalized spacial score (nSPS) is 11.5. The van der Waals surface area contributed by atoms with Gasteiger partial charge in [-0.15, -0.1) is 11.6 Å². The van der Waals surface area contributed by atoms with Crippen LogP contribution in [0.2, 0.25) is 0 Å². The minimum Gasteiger partial charge on any atom is -0.355 e. The molecule has 0 fully saturated rings. The molecule has 1 aromatic heterocycles. The van der Waals surface area contributed by atoms with Crippen molar-refractivity contribution < 1.29 is 4.79 Å². The third kappa shape index (κ3) is 5.08. The first kappa shape index (κ1) is 22.4. The Morgan fingerprint density at radius 2 is 1.67 bits per heavy atom. The molecule has 4 nitrogen and oxygen atoms in total. The maximum absolute atomic E-state index is 12.2. The molecule has 0 spiro atoms. The van der Waals surface area contributed by atoms with Crippen LogP contribution in [-0.2, 0) is 11.3 Å². The van der Waals surface area contributed by atoms with E-state index in [1.807, 2.05) is 38.1 Å². The number of alkyl halides is 1. The number of amides is 1. The van der Waals surface area contributed by atoms with Crippen LogP contribution in [0.15, 0.2) is 65.8 Å². The van der Waals surface area contributed by atoms with Crippen LogP contribution in [-0.4, -0.2) is 33.6 Å². The summed E-state index contributed by atoms with van der Waals surface area (Å²) in [6, 6.07) is 20.7. The largest absolute Gasteiger partial charge is 0.355 e. The molecule has 3 rings (SSSR count). The van der Waals surface area contributed by atoms with E-state index in [2.05, 4.69) is 53.2 Å².